The zero-order valence-electron chi connectivity index (χ0n) is 24.6. The lowest BCUT2D eigenvalue weighted by Gasteiger charge is -2.41. The van der Waals surface area contributed by atoms with Crippen molar-refractivity contribution >= 4 is 35.3 Å². The molecule has 2 aromatic rings. The summed E-state index contributed by atoms with van der Waals surface area (Å²) in [7, 11) is -4.03. The molecule has 0 saturated carbocycles. The van der Waals surface area contributed by atoms with Gasteiger partial charge < -0.3 is 14.1 Å². The summed E-state index contributed by atoms with van der Waals surface area (Å²) in [6.07, 6.45) is 2.37. The Morgan fingerprint density at radius 1 is 1.18 bits per heavy atom. The minimum atomic E-state index is -3.32. The third-order valence-corrected chi connectivity index (χ3v) is 14.3. The topological polar surface area (TPSA) is 116 Å². The molecule has 0 radical (unpaired) electrons. The van der Waals surface area contributed by atoms with Crippen molar-refractivity contribution in [3.63, 3.8) is 0 Å². The molecular formula is C29H40N2O7SSi. The monoisotopic (exact) mass is 588 g/mol. The van der Waals surface area contributed by atoms with Crippen molar-refractivity contribution in [2.75, 3.05) is 26.0 Å². The van der Waals surface area contributed by atoms with Gasteiger partial charge >= 0.3 is 0 Å². The molecule has 11 heteroatoms. The second kappa shape index (κ2) is 11.8. The molecule has 1 heterocycles. The van der Waals surface area contributed by atoms with E-state index in [0.717, 1.165) is 11.1 Å². The second-order valence-electron chi connectivity index (χ2n) is 11.6. The Hall–Kier alpha value is -3.02. The lowest BCUT2D eigenvalue weighted by atomic mass is 9.93. The van der Waals surface area contributed by atoms with Crippen LogP contribution in [-0.4, -0.2) is 64.5 Å². The normalized spacial score (nSPS) is 16.4. The zero-order valence-corrected chi connectivity index (χ0v) is 26.4. The second-order valence-corrected chi connectivity index (χ2v) is 18.7. The van der Waals surface area contributed by atoms with E-state index in [1.807, 2.05) is 6.08 Å². The number of nitrogens with zero attached hydrogens (tertiary/aromatic N) is 2. The maximum absolute atomic E-state index is 13.9. The van der Waals surface area contributed by atoms with E-state index >= 15 is 0 Å². The van der Waals surface area contributed by atoms with Crippen LogP contribution in [0.5, 0.6) is 5.75 Å². The van der Waals surface area contributed by atoms with Crippen molar-refractivity contribution in [1.82, 2.24) is 4.90 Å². The van der Waals surface area contributed by atoms with E-state index in [2.05, 4.69) is 33.9 Å². The molecule has 1 amide bonds. The lowest BCUT2D eigenvalue weighted by Crippen LogP contribution is -2.49. The number of hydrogen-bond donors (Lipinski definition) is 0. The van der Waals surface area contributed by atoms with Gasteiger partial charge in [0.05, 0.1) is 35.3 Å². The Labute approximate surface area is 238 Å². The number of aryl methyl sites for hydroxylation is 1. The smallest absolute Gasteiger partial charge is 0.282 e. The largest absolute Gasteiger partial charge is 0.496 e. The fourth-order valence-corrected chi connectivity index (χ4v) is 6.30. The quantitative estimate of drug-likeness (QED) is 0.200. The van der Waals surface area contributed by atoms with E-state index in [-0.39, 0.29) is 46.1 Å². The average molecular weight is 589 g/mol. The first-order chi connectivity index (χ1) is 18.5. The van der Waals surface area contributed by atoms with Gasteiger partial charge in [-0.2, -0.15) is 0 Å². The van der Waals surface area contributed by atoms with E-state index in [1.165, 1.54) is 19.2 Å². The van der Waals surface area contributed by atoms with Crippen molar-refractivity contribution in [2.45, 2.75) is 70.1 Å². The summed E-state index contributed by atoms with van der Waals surface area (Å²) in [5.41, 5.74) is 2.09. The minimum absolute atomic E-state index is 0.0227. The van der Waals surface area contributed by atoms with E-state index < -0.39 is 29.0 Å². The van der Waals surface area contributed by atoms with Gasteiger partial charge in [-0.15, -0.1) is 0 Å². The van der Waals surface area contributed by atoms with Gasteiger partial charge in [-0.05, 0) is 60.3 Å². The highest BCUT2D eigenvalue weighted by molar-refractivity contribution is 7.91. The molecule has 0 aliphatic carbocycles. The van der Waals surface area contributed by atoms with E-state index in [9.17, 15) is 23.3 Å². The SMILES string of the molecule is CCS(=O)(=O)c1ccc(C2=CCN(C(=O)c3cc(OC)c(C)cc3[N+](=O)[O-])[C@H](CO[Si](C)(C)C(C)(C)C)C2)cc1. The third kappa shape index (κ3) is 6.64. The molecule has 2 aromatic carbocycles. The van der Waals surface area contributed by atoms with E-state index in [0.29, 0.717) is 17.7 Å². The molecule has 0 saturated heterocycles. The third-order valence-electron chi connectivity index (χ3n) is 8.04. The number of hydrogen-bond acceptors (Lipinski definition) is 7. The van der Waals surface area contributed by atoms with Crippen LogP contribution in [-0.2, 0) is 14.3 Å². The molecule has 3 rings (SSSR count). The molecule has 9 nitrogen and oxygen atoms in total. The predicted octanol–water partition coefficient (Wildman–Crippen LogP) is 6.03. The molecule has 0 unspecified atom stereocenters. The molecule has 218 valence electrons. The number of rotatable bonds is 9. The maximum atomic E-state index is 13.9. The predicted molar refractivity (Wildman–Crippen MR) is 159 cm³/mol. The Morgan fingerprint density at radius 3 is 2.33 bits per heavy atom. The van der Waals surface area contributed by atoms with Gasteiger partial charge in [0.1, 0.15) is 11.3 Å². The molecular weight excluding hydrogens is 548 g/mol. The fourth-order valence-electron chi connectivity index (χ4n) is 4.37. The van der Waals surface area contributed by atoms with Crippen LogP contribution in [0.2, 0.25) is 18.1 Å². The molecule has 1 aliphatic heterocycles. The molecule has 0 fully saturated rings. The van der Waals surface area contributed by atoms with E-state index in [4.69, 9.17) is 9.16 Å². The number of nitro benzene ring substituents is 1. The summed E-state index contributed by atoms with van der Waals surface area (Å²) in [6.45, 7) is 14.5. The Kier molecular flexibility index (Phi) is 9.32. The van der Waals surface area contributed by atoms with Crippen LogP contribution < -0.4 is 4.74 Å². The van der Waals surface area contributed by atoms with Gasteiger partial charge in [-0.25, -0.2) is 8.42 Å². The van der Waals surface area contributed by atoms with Crippen molar-refractivity contribution in [3.8, 4) is 5.75 Å². The first kappa shape index (κ1) is 31.5. The molecule has 0 spiro atoms. The zero-order chi connectivity index (χ0) is 30.0. The number of carbonyl (C=O) groups is 1. The summed E-state index contributed by atoms with van der Waals surface area (Å²) in [5.74, 6) is -0.0403. The van der Waals surface area contributed by atoms with Crippen molar-refractivity contribution in [3.05, 3.63) is 69.3 Å². The van der Waals surface area contributed by atoms with E-state index in [1.54, 1.807) is 43.0 Å². The lowest BCUT2D eigenvalue weighted by molar-refractivity contribution is -0.385. The summed E-state index contributed by atoms with van der Waals surface area (Å²) in [5, 5.41) is 11.8. The molecule has 40 heavy (non-hydrogen) atoms. The molecule has 0 aromatic heterocycles. The van der Waals surface area contributed by atoms with Crippen molar-refractivity contribution < 1.29 is 27.3 Å². The number of sulfone groups is 1. The number of nitro groups is 1. The molecule has 0 bridgehead atoms. The Balaban J connectivity index is 2.02. The highest BCUT2D eigenvalue weighted by Gasteiger charge is 2.40. The maximum Gasteiger partial charge on any atom is 0.282 e. The summed E-state index contributed by atoms with van der Waals surface area (Å²) in [4.78, 5) is 27.1. The minimum Gasteiger partial charge on any atom is -0.496 e. The average Bonchev–Trinajstić information content (AvgIpc) is 2.90. The van der Waals surface area contributed by atoms with Crippen molar-refractivity contribution in [1.29, 1.82) is 0 Å². The van der Waals surface area contributed by atoms with Gasteiger partial charge in [0.2, 0.25) is 0 Å². The first-order valence-electron chi connectivity index (χ1n) is 13.3. The summed E-state index contributed by atoms with van der Waals surface area (Å²) < 4.78 is 36.4. The van der Waals surface area contributed by atoms with Crippen LogP contribution in [0.4, 0.5) is 5.69 Å². The number of ether oxygens (including phenoxy) is 1. The first-order valence-corrected chi connectivity index (χ1v) is 17.9. The summed E-state index contributed by atoms with van der Waals surface area (Å²) >= 11 is 0. The van der Waals surface area contributed by atoms with Crippen LogP contribution in [0.15, 0.2) is 47.4 Å². The van der Waals surface area contributed by atoms with Crippen LogP contribution >= 0.6 is 0 Å². The molecule has 0 N–H and O–H groups in total. The molecule has 1 atom stereocenters. The van der Waals surface area contributed by atoms with Gasteiger partial charge in [0, 0.05) is 18.7 Å². The number of amides is 1. The van der Waals surface area contributed by atoms with Gasteiger partial charge in [0.15, 0.2) is 18.2 Å². The van der Waals surface area contributed by atoms with Crippen molar-refractivity contribution in [2.24, 2.45) is 0 Å². The standard InChI is InChI=1S/C29H40N2O7SSi/c1-9-39(35,36)24-12-10-21(11-13-24)22-14-15-30(23(17-22)19-38-40(7,8)29(3,4)5)28(32)25-18-27(37-6)20(2)16-26(25)31(33)34/h10-14,16,18,23H,9,15,17,19H2,1-8H3/t23-/m0/s1. The number of benzene rings is 2. The number of carbonyl (C=O) groups excluding carboxylic acids is 1. The van der Waals surface area contributed by atoms with Crippen LogP contribution in [0.1, 0.15) is 55.6 Å². The summed E-state index contributed by atoms with van der Waals surface area (Å²) in [6, 6.07) is 9.21. The van der Waals surface area contributed by atoms with Gasteiger partial charge in [0.25, 0.3) is 11.6 Å². The number of methoxy groups -OCH3 is 1. The Morgan fingerprint density at radius 2 is 1.80 bits per heavy atom. The Bertz CT molecular complexity index is 1410. The van der Waals surface area contributed by atoms with Crippen LogP contribution in [0, 0.1) is 17.0 Å². The highest BCUT2D eigenvalue weighted by atomic mass is 32.2. The highest BCUT2D eigenvalue weighted by Crippen LogP contribution is 2.38. The fraction of sp³-hybridized carbons (Fsp3) is 0.483. The van der Waals surface area contributed by atoms with Gasteiger partial charge in [-0.3, -0.25) is 14.9 Å². The van der Waals surface area contributed by atoms with Crippen LogP contribution in [0.25, 0.3) is 5.57 Å². The van der Waals surface area contributed by atoms with Crippen LogP contribution in [0.3, 0.4) is 0 Å². The molecule has 1 aliphatic rings. The van der Waals surface area contributed by atoms with Gasteiger partial charge in [-0.1, -0.05) is 45.9 Å².